The molecule has 0 aromatic heterocycles. The summed E-state index contributed by atoms with van der Waals surface area (Å²) in [6, 6.07) is 10.6. The zero-order valence-corrected chi connectivity index (χ0v) is 14.9. The van der Waals surface area contributed by atoms with Gasteiger partial charge in [0, 0.05) is 38.3 Å². The van der Waals surface area contributed by atoms with Gasteiger partial charge in [-0.1, -0.05) is 25.1 Å². The van der Waals surface area contributed by atoms with Gasteiger partial charge < -0.3 is 14.5 Å². The van der Waals surface area contributed by atoms with Crippen LogP contribution in [-0.4, -0.2) is 49.2 Å². The normalized spacial score (nSPS) is 18.1. The van der Waals surface area contributed by atoms with Gasteiger partial charge in [-0.3, -0.25) is 4.79 Å². The SMILES string of the molecule is CCC(=O)N(c1ccccc1)C1(COC)CCN(C(C)C)CC1. The maximum Gasteiger partial charge on any atom is 0.227 e. The quantitative estimate of drug-likeness (QED) is 0.806. The number of ether oxygens (including phenoxy) is 1. The smallest absolute Gasteiger partial charge is 0.227 e. The molecule has 23 heavy (non-hydrogen) atoms. The van der Waals surface area contributed by atoms with Crippen LogP contribution in [0, 0.1) is 0 Å². The molecule has 1 saturated heterocycles. The van der Waals surface area contributed by atoms with Gasteiger partial charge in [0.15, 0.2) is 0 Å². The van der Waals surface area contributed by atoms with Crippen molar-refractivity contribution in [2.45, 2.75) is 51.6 Å². The van der Waals surface area contributed by atoms with Crippen LogP contribution >= 0.6 is 0 Å². The fourth-order valence-electron chi connectivity index (χ4n) is 3.58. The minimum absolute atomic E-state index is 0.172. The zero-order chi connectivity index (χ0) is 16.9. The Labute approximate surface area is 140 Å². The molecule has 0 saturated carbocycles. The van der Waals surface area contributed by atoms with Crippen molar-refractivity contribution in [3.63, 3.8) is 0 Å². The lowest BCUT2D eigenvalue weighted by molar-refractivity contribution is -0.120. The van der Waals surface area contributed by atoms with Gasteiger partial charge in [-0.2, -0.15) is 0 Å². The number of amides is 1. The second kappa shape index (κ2) is 7.93. The van der Waals surface area contributed by atoms with Gasteiger partial charge in [0.05, 0.1) is 12.1 Å². The number of hydrogen-bond donors (Lipinski definition) is 0. The second-order valence-corrected chi connectivity index (χ2v) is 6.71. The molecule has 1 aromatic carbocycles. The topological polar surface area (TPSA) is 32.8 Å². The number of piperidine rings is 1. The van der Waals surface area contributed by atoms with E-state index in [9.17, 15) is 4.79 Å². The molecule has 1 fully saturated rings. The molecule has 4 nitrogen and oxygen atoms in total. The van der Waals surface area contributed by atoms with Gasteiger partial charge in [-0.05, 0) is 38.8 Å². The standard InChI is InChI=1S/C19H30N2O2/c1-5-18(22)21(17-9-7-6-8-10-17)19(15-23-4)11-13-20(14-12-19)16(2)3/h6-10,16H,5,11-15H2,1-4H3. The van der Waals surface area contributed by atoms with Crippen molar-refractivity contribution < 1.29 is 9.53 Å². The molecule has 0 atom stereocenters. The Bertz CT molecular complexity index is 493. The van der Waals surface area contributed by atoms with E-state index < -0.39 is 0 Å². The molecule has 0 bridgehead atoms. The third kappa shape index (κ3) is 3.93. The molecule has 1 aromatic rings. The molecule has 1 aliphatic heterocycles. The van der Waals surface area contributed by atoms with Gasteiger partial charge in [0.1, 0.15) is 0 Å². The summed E-state index contributed by atoms with van der Waals surface area (Å²) in [5.74, 6) is 0.172. The Morgan fingerprint density at radius 2 is 1.87 bits per heavy atom. The zero-order valence-electron chi connectivity index (χ0n) is 14.9. The first-order chi connectivity index (χ1) is 11.0. The Balaban J connectivity index is 2.34. The van der Waals surface area contributed by atoms with E-state index in [1.807, 2.05) is 42.2 Å². The van der Waals surface area contributed by atoms with Gasteiger partial charge >= 0.3 is 0 Å². The summed E-state index contributed by atoms with van der Waals surface area (Å²) < 4.78 is 5.57. The highest BCUT2D eigenvalue weighted by Crippen LogP contribution is 2.34. The van der Waals surface area contributed by atoms with E-state index in [-0.39, 0.29) is 11.4 Å². The van der Waals surface area contributed by atoms with Crippen molar-refractivity contribution in [1.29, 1.82) is 0 Å². The molecule has 1 heterocycles. The molecule has 128 valence electrons. The highest BCUT2D eigenvalue weighted by Gasteiger charge is 2.43. The molecule has 0 N–H and O–H groups in total. The maximum atomic E-state index is 12.8. The first kappa shape index (κ1) is 18.0. The summed E-state index contributed by atoms with van der Waals surface area (Å²) in [5.41, 5.74) is 0.739. The van der Waals surface area contributed by atoms with Crippen LogP contribution in [0.1, 0.15) is 40.0 Å². The summed E-state index contributed by atoms with van der Waals surface area (Å²) >= 11 is 0. The third-order valence-electron chi connectivity index (χ3n) is 4.91. The van der Waals surface area contributed by atoms with Crippen molar-refractivity contribution in [3.8, 4) is 0 Å². The predicted molar refractivity (Wildman–Crippen MR) is 94.8 cm³/mol. The van der Waals surface area contributed by atoms with Crippen LogP contribution in [0.5, 0.6) is 0 Å². The number of nitrogens with zero attached hydrogens (tertiary/aromatic N) is 2. The maximum absolute atomic E-state index is 12.8. The van der Waals surface area contributed by atoms with E-state index in [1.165, 1.54) is 0 Å². The molecular weight excluding hydrogens is 288 g/mol. The van der Waals surface area contributed by atoms with Crippen LogP contribution in [0.25, 0.3) is 0 Å². The minimum Gasteiger partial charge on any atom is -0.382 e. The lowest BCUT2D eigenvalue weighted by atomic mass is 9.84. The predicted octanol–water partition coefficient (Wildman–Crippen LogP) is 3.32. The fourth-order valence-corrected chi connectivity index (χ4v) is 3.58. The van der Waals surface area contributed by atoms with E-state index in [1.54, 1.807) is 7.11 Å². The Morgan fingerprint density at radius 3 is 2.35 bits per heavy atom. The lowest BCUT2D eigenvalue weighted by Gasteiger charge is -2.49. The highest BCUT2D eigenvalue weighted by atomic mass is 16.5. The molecular formula is C19H30N2O2. The van der Waals surface area contributed by atoms with Gasteiger partial charge in [0.2, 0.25) is 5.91 Å². The number of benzene rings is 1. The van der Waals surface area contributed by atoms with Crippen LogP contribution in [0.15, 0.2) is 30.3 Å². The Hall–Kier alpha value is -1.39. The van der Waals surface area contributed by atoms with Crippen LogP contribution < -0.4 is 4.90 Å². The molecule has 0 unspecified atom stereocenters. The number of methoxy groups -OCH3 is 1. The molecule has 1 aliphatic rings. The first-order valence-electron chi connectivity index (χ1n) is 8.65. The first-order valence-corrected chi connectivity index (χ1v) is 8.65. The van der Waals surface area contributed by atoms with Crippen LogP contribution in [0.3, 0.4) is 0 Å². The lowest BCUT2D eigenvalue weighted by Crippen LogP contribution is -2.61. The molecule has 0 radical (unpaired) electrons. The number of rotatable bonds is 6. The van der Waals surface area contributed by atoms with Crippen molar-refractivity contribution >= 4 is 11.6 Å². The number of hydrogen-bond acceptors (Lipinski definition) is 3. The van der Waals surface area contributed by atoms with E-state index >= 15 is 0 Å². The van der Waals surface area contributed by atoms with Gasteiger partial charge in [0.25, 0.3) is 0 Å². The van der Waals surface area contributed by atoms with Crippen LogP contribution in [0.4, 0.5) is 5.69 Å². The average molecular weight is 318 g/mol. The minimum atomic E-state index is -0.241. The summed E-state index contributed by atoms with van der Waals surface area (Å²) in [6.45, 7) is 8.98. The Kier molecular flexibility index (Phi) is 6.19. The number of likely N-dealkylation sites (tertiary alicyclic amines) is 1. The average Bonchev–Trinajstić information content (AvgIpc) is 2.56. The van der Waals surface area contributed by atoms with E-state index in [4.69, 9.17) is 4.74 Å². The number of para-hydroxylation sites is 1. The second-order valence-electron chi connectivity index (χ2n) is 6.71. The van der Waals surface area contributed by atoms with E-state index in [0.29, 0.717) is 19.1 Å². The number of anilines is 1. The fraction of sp³-hybridized carbons (Fsp3) is 0.632. The van der Waals surface area contributed by atoms with Gasteiger partial charge in [-0.15, -0.1) is 0 Å². The molecule has 0 aliphatic carbocycles. The largest absolute Gasteiger partial charge is 0.382 e. The van der Waals surface area contributed by atoms with Crippen molar-refractivity contribution in [2.24, 2.45) is 0 Å². The number of carbonyl (C=O) groups is 1. The molecule has 1 amide bonds. The third-order valence-corrected chi connectivity index (χ3v) is 4.91. The summed E-state index contributed by atoms with van der Waals surface area (Å²) in [7, 11) is 1.73. The van der Waals surface area contributed by atoms with E-state index in [0.717, 1.165) is 31.6 Å². The monoisotopic (exact) mass is 318 g/mol. The highest BCUT2D eigenvalue weighted by molar-refractivity contribution is 5.94. The van der Waals surface area contributed by atoms with Gasteiger partial charge in [-0.25, -0.2) is 0 Å². The Morgan fingerprint density at radius 1 is 1.26 bits per heavy atom. The summed E-state index contributed by atoms with van der Waals surface area (Å²) in [4.78, 5) is 17.3. The van der Waals surface area contributed by atoms with Crippen molar-refractivity contribution in [3.05, 3.63) is 30.3 Å². The van der Waals surface area contributed by atoms with E-state index in [2.05, 4.69) is 18.7 Å². The van der Waals surface area contributed by atoms with Crippen molar-refractivity contribution in [1.82, 2.24) is 4.90 Å². The van der Waals surface area contributed by atoms with Crippen molar-refractivity contribution in [2.75, 3.05) is 31.7 Å². The molecule has 2 rings (SSSR count). The van der Waals surface area contributed by atoms with Crippen LogP contribution in [-0.2, 0) is 9.53 Å². The summed E-state index contributed by atoms with van der Waals surface area (Å²) in [5, 5.41) is 0. The molecule has 0 spiro atoms. The summed E-state index contributed by atoms with van der Waals surface area (Å²) in [6.07, 6.45) is 2.40. The molecule has 4 heteroatoms. The van der Waals surface area contributed by atoms with Crippen LogP contribution in [0.2, 0.25) is 0 Å². The number of carbonyl (C=O) groups excluding carboxylic acids is 1.